The maximum atomic E-state index is 5.37. The molecule has 0 N–H and O–H groups in total. The van der Waals surface area contributed by atoms with E-state index in [0.717, 1.165) is 6.61 Å². The van der Waals surface area contributed by atoms with Gasteiger partial charge in [0.25, 0.3) is 0 Å². The average molecular weight is 263 g/mol. The molecule has 0 spiro atoms. The van der Waals surface area contributed by atoms with Crippen LogP contribution in [0.3, 0.4) is 0 Å². The van der Waals surface area contributed by atoms with E-state index in [1.54, 1.807) is 12.1 Å². The van der Waals surface area contributed by atoms with Gasteiger partial charge in [0.2, 0.25) is 0 Å². The zero-order valence-corrected chi connectivity index (χ0v) is 15.0. The molecule has 0 aromatic rings. The fourth-order valence-corrected chi connectivity index (χ4v) is 4.39. The fraction of sp³-hybridized carbons (Fsp3) is 1.00. The van der Waals surface area contributed by atoms with Gasteiger partial charge in [-0.2, -0.15) is 0 Å². The minimum atomic E-state index is -1.16. The van der Waals surface area contributed by atoms with Crippen molar-refractivity contribution in [2.24, 2.45) is 0 Å². The molecule has 0 radical (unpaired) electrons. The first-order valence-electron chi connectivity index (χ1n) is 7.11. The molecule has 0 aromatic carbocycles. The molecule has 3 heteroatoms. The van der Waals surface area contributed by atoms with Crippen LogP contribution < -0.4 is 0 Å². The molecular weight excluding hydrogens is 228 g/mol. The van der Waals surface area contributed by atoms with Gasteiger partial charge in [0.05, 0.1) is 0 Å². The molecule has 0 atom stereocenters. The summed E-state index contributed by atoms with van der Waals surface area (Å²) in [4.78, 5) is 0. The highest BCUT2D eigenvalue weighted by atomic mass is 28.4. The van der Waals surface area contributed by atoms with Gasteiger partial charge in [0, 0.05) is 16.1 Å². The van der Waals surface area contributed by atoms with E-state index in [2.05, 4.69) is 33.5 Å². The molecule has 0 aliphatic carbocycles. The maximum absolute atomic E-state index is 5.37. The number of hydrogen-bond acceptors (Lipinski definition) is 1. The quantitative estimate of drug-likeness (QED) is 0.464. The van der Waals surface area contributed by atoms with Gasteiger partial charge in [-0.1, -0.05) is 51.6 Å². The predicted octanol–water partition coefficient (Wildman–Crippen LogP) is 4.45. The molecule has 0 amide bonds. The van der Waals surface area contributed by atoms with Crippen LogP contribution in [0.25, 0.3) is 0 Å². The van der Waals surface area contributed by atoms with Crippen molar-refractivity contribution in [3.63, 3.8) is 0 Å². The van der Waals surface area contributed by atoms with Crippen LogP contribution in [0.1, 0.15) is 46.5 Å². The summed E-state index contributed by atoms with van der Waals surface area (Å²) in [7, 11) is -0.768. The number of rotatable bonds is 8. The summed E-state index contributed by atoms with van der Waals surface area (Å²) in [5, 5.41) is 0. The Labute approximate surface area is 107 Å². The van der Waals surface area contributed by atoms with E-state index in [4.69, 9.17) is 4.43 Å². The highest BCUT2D eigenvalue weighted by molar-refractivity contribution is 6.69. The average Bonchev–Trinajstić information content (AvgIpc) is 2.17. The Morgan fingerprint density at radius 3 is 1.50 bits per heavy atom. The van der Waals surface area contributed by atoms with E-state index in [1.807, 2.05) is 6.92 Å². The third-order valence-corrected chi connectivity index (χ3v) is 5.44. The Morgan fingerprint density at radius 1 is 0.875 bits per heavy atom. The van der Waals surface area contributed by atoms with Gasteiger partial charge in [-0.15, -0.1) is 0 Å². The molecular formula is C13H34OSi2. The fourth-order valence-electron chi connectivity index (χ4n) is 1.46. The lowest BCUT2D eigenvalue weighted by Crippen LogP contribution is -2.24. The summed E-state index contributed by atoms with van der Waals surface area (Å²) in [6.07, 6.45) is 5.80. The van der Waals surface area contributed by atoms with Crippen LogP contribution in [-0.4, -0.2) is 24.4 Å². The van der Waals surface area contributed by atoms with Gasteiger partial charge < -0.3 is 4.43 Å². The summed E-state index contributed by atoms with van der Waals surface area (Å²) in [5.74, 6) is 0. The SMILES string of the molecule is CCCC[SiH2]CCCC.CCO[Si](C)(C)C. The predicted molar refractivity (Wildman–Crippen MR) is 82.9 cm³/mol. The Morgan fingerprint density at radius 2 is 1.31 bits per heavy atom. The van der Waals surface area contributed by atoms with Crippen molar-refractivity contribution in [1.29, 1.82) is 0 Å². The first-order valence-corrected chi connectivity index (χ1v) is 12.5. The van der Waals surface area contributed by atoms with E-state index >= 15 is 0 Å². The molecule has 0 aliphatic heterocycles. The first-order chi connectivity index (χ1) is 7.47. The van der Waals surface area contributed by atoms with E-state index in [9.17, 15) is 0 Å². The molecule has 0 rings (SSSR count). The van der Waals surface area contributed by atoms with E-state index < -0.39 is 8.32 Å². The topological polar surface area (TPSA) is 9.23 Å². The molecule has 0 heterocycles. The van der Waals surface area contributed by atoms with Crippen LogP contribution in [0.5, 0.6) is 0 Å². The van der Waals surface area contributed by atoms with Gasteiger partial charge in [0.15, 0.2) is 8.32 Å². The number of unbranched alkanes of at least 4 members (excludes halogenated alkanes) is 2. The third-order valence-electron chi connectivity index (χ3n) is 2.28. The van der Waals surface area contributed by atoms with Gasteiger partial charge in [-0.3, -0.25) is 0 Å². The van der Waals surface area contributed by atoms with Crippen molar-refractivity contribution in [1.82, 2.24) is 0 Å². The third kappa shape index (κ3) is 23.9. The zero-order valence-electron chi connectivity index (χ0n) is 12.6. The minimum absolute atomic E-state index is 0.389. The Balaban J connectivity index is 0. The van der Waals surface area contributed by atoms with Crippen LogP contribution in [0.15, 0.2) is 0 Å². The Bertz CT molecular complexity index is 116. The zero-order chi connectivity index (χ0) is 12.9. The van der Waals surface area contributed by atoms with Crippen LogP contribution in [0, 0.1) is 0 Å². The molecule has 0 unspecified atom stereocenters. The molecule has 0 aromatic heterocycles. The summed E-state index contributed by atoms with van der Waals surface area (Å²) in [6, 6.07) is 3.19. The van der Waals surface area contributed by atoms with Gasteiger partial charge >= 0.3 is 0 Å². The van der Waals surface area contributed by atoms with Crippen molar-refractivity contribution in [2.75, 3.05) is 6.61 Å². The second-order valence-corrected chi connectivity index (χ2v) is 11.9. The normalized spacial score (nSPS) is 10.9. The minimum Gasteiger partial charge on any atom is -0.418 e. The van der Waals surface area contributed by atoms with Crippen molar-refractivity contribution < 1.29 is 4.43 Å². The molecule has 0 saturated heterocycles. The summed E-state index contributed by atoms with van der Waals surface area (Å²) in [5.41, 5.74) is 0. The number of hydrogen-bond donors (Lipinski definition) is 0. The lowest BCUT2D eigenvalue weighted by molar-refractivity contribution is 0.334. The van der Waals surface area contributed by atoms with Crippen LogP contribution in [0.2, 0.25) is 31.7 Å². The molecule has 0 aliphatic rings. The molecule has 0 saturated carbocycles. The highest BCUT2D eigenvalue weighted by Crippen LogP contribution is 2.00. The lowest BCUT2D eigenvalue weighted by Gasteiger charge is -2.14. The van der Waals surface area contributed by atoms with Crippen molar-refractivity contribution in [3.05, 3.63) is 0 Å². The Hall–Kier alpha value is 0.394. The molecule has 0 bridgehead atoms. The van der Waals surface area contributed by atoms with Crippen LogP contribution in [-0.2, 0) is 4.43 Å². The second-order valence-electron chi connectivity index (χ2n) is 5.31. The molecule has 100 valence electrons. The summed E-state index contributed by atoms with van der Waals surface area (Å²) in [6.45, 7) is 14.1. The Kier molecular flexibility index (Phi) is 15.8. The van der Waals surface area contributed by atoms with E-state index in [0.29, 0.717) is 9.52 Å². The standard InChI is InChI=1S/C8H20Si.C5H14OSi/c1-3-5-7-9-8-6-4-2;1-5-6-7(2,3)4/h3-9H2,1-2H3;5H2,1-4H3. The summed E-state index contributed by atoms with van der Waals surface area (Å²) >= 11 is 0. The maximum Gasteiger partial charge on any atom is 0.183 e. The van der Waals surface area contributed by atoms with Crippen molar-refractivity contribution >= 4 is 17.8 Å². The van der Waals surface area contributed by atoms with E-state index in [1.165, 1.54) is 25.7 Å². The lowest BCUT2D eigenvalue weighted by atomic mass is 10.4. The van der Waals surface area contributed by atoms with Gasteiger partial charge in [0.1, 0.15) is 0 Å². The monoisotopic (exact) mass is 262 g/mol. The van der Waals surface area contributed by atoms with Crippen LogP contribution in [0.4, 0.5) is 0 Å². The van der Waals surface area contributed by atoms with Crippen molar-refractivity contribution in [3.8, 4) is 0 Å². The second kappa shape index (κ2) is 13.5. The van der Waals surface area contributed by atoms with E-state index in [-0.39, 0.29) is 0 Å². The van der Waals surface area contributed by atoms with Gasteiger partial charge in [-0.25, -0.2) is 0 Å². The highest BCUT2D eigenvalue weighted by Gasteiger charge is 2.11. The van der Waals surface area contributed by atoms with Crippen LogP contribution >= 0.6 is 0 Å². The molecule has 16 heavy (non-hydrogen) atoms. The van der Waals surface area contributed by atoms with Gasteiger partial charge in [-0.05, 0) is 26.6 Å². The smallest absolute Gasteiger partial charge is 0.183 e. The molecule has 0 fully saturated rings. The largest absolute Gasteiger partial charge is 0.418 e. The van der Waals surface area contributed by atoms with Crippen molar-refractivity contribution in [2.45, 2.75) is 78.2 Å². The molecule has 1 nitrogen and oxygen atoms in total. The first kappa shape index (κ1) is 18.8. The summed E-state index contributed by atoms with van der Waals surface area (Å²) < 4.78 is 5.37.